The van der Waals surface area contributed by atoms with E-state index in [1.165, 1.54) is 51.4 Å². The van der Waals surface area contributed by atoms with Crippen LogP contribution in [0.1, 0.15) is 58.3 Å². The van der Waals surface area contributed by atoms with Crippen molar-refractivity contribution >= 4 is 15.9 Å². The fraction of sp³-hybridized carbons (Fsp3) is 1.00. The molecule has 2 heteroatoms. The largest absolute Gasteiger partial charge is 0.378 e. The van der Waals surface area contributed by atoms with Crippen LogP contribution in [0.25, 0.3) is 0 Å². The fourth-order valence-corrected chi connectivity index (χ4v) is 4.11. The first kappa shape index (κ1) is 11.9. The van der Waals surface area contributed by atoms with Gasteiger partial charge in [-0.2, -0.15) is 0 Å². The van der Waals surface area contributed by atoms with Gasteiger partial charge in [-0.1, -0.05) is 29.3 Å². The minimum Gasteiger partial charge on any atom is -0.378 e. The predicted octanol–water partition coefficient (Wildman–Crippen LogP) is 4.29. The molecule has 1 saturated heterocycles. The third-order valence-electron chi connectivity index (χ3n) is 4.11. The second-order valence-corrected chi connectivity index (χ2v) is 6.97. The van der Waals surface area contributed by atoms with E-state index in [0.717, 1.165) is 11.4 Å². The van der Waals surface area contributed by atoms with E-state index in [0.29, 0.717) is 11.5 Å². The Morgan fingerprint density at radius 3 is 2.87 bits per heavy atom. The normalized spacial score (nSPS) is 41.2. The maximum Gasteiger partial charge on any atom is 0.0576 e. The third kappa shape index (κ3) is 3.45. The molecule has 1 saturated carbocycles. The number of hydrogen-bond donors (Lipinski definition) is 0. The Morgan fingerprint density at radius 1 is 1.40 bits per heavy atom. The molecule has 0 aromatic heterocycles. The van der Waals surface area contributed by atoms with Crippen LogP contribution in [0.2, 0.25) is 0 Å². The number of rotatable bonds is 4. The van der Waals surface area contributed by atoms with Gasteiger partial charge >= 0.3 is 0 Å². The summed E-state index contributed by atoms with van der Waals surface area (Å²) in [5.41, 5.74) is 0.618. The van der Waals surface area contributed by atoms with Gasteiger partial charge in [0.1, 0.15) is 0 Å². The van der Waals surface area contributed by atoms with Crippen LogP contribution >= 0.6 is 15.9 Å². The third-order valence-corrected chi connectivity index (χ3v) is 4.89. The van der Waals surface area contributed by atoms with Crippen molar-refractivity contribution in [1.29, 1.82) is 0 Å². The standard InChI is InChI=1S/C13H23BrO/c1-13(8-6-11(14)10-13)7-2-4-12-5-3-9-15-12/h11-12H,2-10H2,1H3. The van der Waals surface area contributed by atoms with Crippen LogP contribution in [0.4, 0.5) is 0 Å². The lowest BCUT2D eigenvalue weighted by atomic mass is 9.83. The summed E-state index contributed by atoms with van der Waals surface area (Å²) in [6.45, 7) is 3.47. The first-order chi connectivity index (χ1) is 7.18. The summed E-state index contributed by atoms with van der Waals surface area (Å²) in [5, 5.41) is 0. The van der Waals surface area contributed by atoms with Gasteiger partial charge in [0.25, 0.3) is 0 Å². The highest BCUT2D eigenvalue weighted by molar-refractivity contribution is 9.09. The van der Waals surface area contributed by atoms with E-state index >= 15 is 0 Å². The average Bonchev–Trinajstić information content (AvgIpc) is 2.77. The molecule has 3 unspecified atom stereocenters. The van der Waals surface area contributed by atoms with Crippen LogP contribution in [0.15, 0.2) is 0 Å². The van der Waals surface area contributed by atoms with E-state index in [4.69, 9.17) is 4.74 Å². The van der Waals surface area contributed by atoms with Crippen LogP contribution in [0.3, 0.4) is 0 Å². The van der Waals surface area contributed by atoms with E-state index < -0.39 is 0 Å². The van der Waals surface area contributed by atoms with Crippen molar-refractivity contribution in [1.82, 2.24) is 0 Å². The molecule has 0 radical (unpaired) electrons. The molecule has 2 fully saturated rings. The maximum atomic E-state index is 5.66. The molecule has 0 N–H and O–H groups in total. The smallest absolute Gasteiger partial charge is 0.0576 e. The second kappa shape index (κ2) is 5.18. The molecule has 2 rings (SSSR count). The topological polar surface area (TPSA) is 9.23 Å². The van der Waals surface area contributed by atoms with Crippen molar-refractivity contribution in [2.24, 2.45) is 5.41 Å². The van der Waals surface area contributed by atoms with Crippen LogP contribution in [-0.2, 0) is 4.74 Å². The van der Waals surface area contributed by atoms with E-state index in [1.807, 2.05) is 0 Å². The summed E-state index contributed by atoms with van der Waals surface area (Å²) in [6, 6.07) is 0. The Morgan fingerprint density at radius 2 is 2.27 bits per heavy atom. The Bertz CT molecular complexity index is 201. The van der Waals surface area contributed by atoms with Gasteiger partial charge in [-0.3, -0.25) is 0 Å². The average molecular weight is 275 g/mol. The summed E-state index contributed by atoms with van der Waals surface area (Å²) in [5.74, 6) is 0. The van der Waals surface area contributed by atoms with Crippen LogP contribution in [-0.4, -0.2) is 17.5 Å². The number of alkyl halides is 1. The number of ether oxygens (including phenoxy) is 1. The lowest BCUT2D eigenvalue weighted by molar-refractivity contribution is 0.0982. The van der Waals surface area contributed by atoms with E-state index in [-0.39, 0.29) is 0 Å². The minimum absolute atomic E-state index is 0.592. The molecule has 3 atom stereocenters. The Kier molecular flexibility index (Phi) is 4.11. The summed E-state index contributed by atoms with van der Waals surface area (Å²) >= 11 is 3.75. The zero-order valence-corrected chi connectivity index (χ0v) is 11.4. The molecule has 1 nitrogen and oxygen atoms in total. The Labute approximate surface area is 102 Å². The van der Waals surface area contributed by atoms with Gasteiger partial charge in [0, 0.05) is 11.4 Å². The van der Waals surface area contributed by atoms with Gasteiger partial charge in [0.15, 0.2) is 0 Å². The van der Waals surface area contributed by atoms with E-state index in [1.54, 1.807) is 0 Å². The van der Waals surface area contributed by atoms with Gasteiger partial charge < -0.3 is 4.74 Å². The van der Waals surface area contributed by atoms with Crippen LogP contribution in [0.5, 0.6) is 0 Å². The zero-order valence-electron chi connectivity index (χ0n) is 9.80. The maximum absolute atomic E-state index is 5.66. The van der Waals surface area contributed by atoms with Crippen molar-refractivity contribution in [3.63, 3.8) is 0 Å². The first-order valence-corrected chi connectivity index (χ1v) is 7.35. The second-order valence-electron chi connectivity index (χ2n) is 5.68. The first-order valence-electron chi connectivity index (χ1n) is 6.44. The SMILES string of the molecule is CC1(CCCC2CCCO2)CCC(Br)C1. The monoisotopic (exact) mass is 274 g/mol. The van der Waals surface area contributed by atoms with Crippen molar-refractivity contribution in [3.05, 3.63) is 0 Å². The highest BCUT2D eigenvalue weighted by Crippen LogP contribution is 2.44. The van der Waals surface area contributed by atoms with Crippen molar-refractivity contribution < 1.29 is 4.74 Å². The van der Waals surface area contributed by atoms with Crippen molar-refractivity contribution in [3.8, 4) is 0 Å². The molecule has 0 aromatic rings. The lowest BCUT2D eigenvalue weighted by Gasteiger charge is -2.24. The molecule has 0 bridgehead atoms. The highest BCUT2D eigenvalue weighted by Gasteiger charge is 2.33. The van der Waals surface area contributed by atoms with Crippen LogP contribution < -0.4 is 0 Å². The summed E-state index contributed by atoms with van der Waals surface area (Å²) in [4.78, 5) is 0.783. The van der Waals surface area contributed by atoms with Gasteiger partial charge in [-0.05, 0) is 50.4 Å². The van der Waals surface area contributed by atoms with E-state index in [9.17, 15) is 0 Å². The van der Waals surface area contributed by atoms with Crippen LogP contribution in [0, 0.1) is 5.41 Å². The summed E-state index contributed by atoms with van der Waals surface area (Å²) < 4.78 is 5.66. The van der Waals surface area contributed by atoms with E-state index in [2.05, 4.69) is 22.9 Å². The highest BCUT2D eigenvalue weighted by atomic mass is 79.9. The lowest BCUT2D eigenvalue weighted by Crippen LogP contribution is -2.13. The van der Waals surface area contributed by atoms with Gasteiger partial charge in [0.2, 0.25) is 0 Å². The molecule has 88 valence electrons. The van der Waals surface area contributed by atoms with Crippen molar-refractivity contribution in [2.45, 2.75) is 69.2 Å². The summed E-state index contributed by atoms with van der Waals surface area (Å²) in [7, 11) is 0. The molecule has 0 spiro atoms. The molecule has 1 aliphatic heterocycles. The number of halogens is 1. The minimum atomic E-state index is 0.592. The molecule has 0 amide bonds. The molecule has 1 aliphatic carbocycles. The quantitative estimate of drug-likeness (QED) is 0.695. The Balaban J connectivity index is 1.64. The Hall–Kier alpha value is 0.440. The molecular formula is C13H23BrO. The predicted molar refractivity (Wildman–Crippen MR) is 67.5 cm³/mol. The summed E-state index contributed by atoms with van der Waals surface area (Å²) in [6.07, 6.45) is 11.4. The molecule has 1 heterocycles. The molecule has 0 aromatic carbocycles. The van der Waals surface area contributed by atoms with Gasteiger partial charge in [0.05, 0.1) is 6.10 Å². The van der Waals surface area contributed by atoms with Gasteiger partial charge in [-0.15, -0.1) is 0 Å². The number of hydrogen-bond acceptors (Lipinski definition) is 1. The molecular weight excluding hydrogens is 252 g/mol. The van der Waals surface area contributed by atoms with Crippen molar-refractivity contribution in [2.75, 3.05) is 6.61 Å². The fourth-order valence-electron chi connectivity index (χ4n) is 3.10. The molecule has 2 aliphatic rings. The van der Waals surface area contributed by atoms with Gasteiger partial charge in [-0.25, -0.2) is 0 Å². The zero-order chi connectivity index (χ0) is 10.7. The molecule has 15 heavy (non-hydrogen) atoms.